The summed E-state index contributed by atoms with van der Waals surface area (Å²) in [6, 6.07) is 7.83. The van der Waals surface area contributed by atoms with E-state index >= 15 is 0 Å². The lowest BCUT2D eigenvalue weighted by Crippen LogP contribution is -2.26. The van der Waals surface area contributed by atoms with Crippen LogP contribution >= 0.6 is 12.2 Å². The zero-order valence-corrected chi connectivity index (χ0v) is 13.5. The molecule has 0 saturated heterocycles. The number of methoxy groups -OCH3 is 1. The summed E-state index contributed by atoms with van der Waals surface area (Å²) in [6.07, 6.45) is 0. The van der Waals surface area contributed by atoms with Crippen molar-refractivity contribution in [2.75, 3.05) is 58.6 Å². The highest BCUT2D eigenvalue weighted by molar-refractivity contribution is 7.80. The molecule has 0 heterocycles. The van der Waals surface area contributed by atoms with E-state index in [9.17, 15) is 0 Å². The van der Waals surface area contributed by atoms with Gasteiger partial charge in [0.2, 0.25) is 0 Å². The van der Waals surface area contributed by atoms with E-state index in [-0.39, 0.29) is 0 Å². The van der Waals surface area contributed by atoms with Crippen LogP contribution in [-0.4, -0.2) is 58.7 Å². The summed E-state index contributed by atoms with van der Waals surface area (Å²) in [6.45, 7) is 3.75. The first-order valence-electron chi connectivity index (χ1n) is 6.91. The van der Waals surface area contributed by atoms with Gasteiger partial charge in [0.25, 0.3) is 0 Å². The minimum absolute atomic E-state index is 0.407. The molecule has 0 amide bonds. The summed E-state index contributed by atoms with van der Waals surface area (Å²) in [7, 11) is 3.65. The van der Waals surface area contributed by atoms with Gasteiger partial charge in [0.1, 0.15) is 4.99 Å². The van der Waals surface area contributed by atoms with Gasteiger partial charge in [-0.2, -0.15) is 0 Å². The number of likely N-dealkylation sites (N-methyl/N-ethyl adjacent to an activating group) is 1. The van der Waals surface area contributed by atoms with Crippen LogP contribution in [0.3, 0.4) is 0 Å². The van der Waals surface area contributed by atoms with E-state index in [1.54, 1.807) is 7.11 Å². The minimum atomic E-state index is 0.407. The Hall–Kier alpha value is -1.21. The third kappa shape index (κ3) is 6.86. The molecule has 1 aromatic rings. The zero-order valence-electron chi connectivity index (χ0n) is 12.7. The normalized spacial score (nSPS) is 10.6. The summed E-state index contributed by atoms with van der Waals surface area (Å²) in [5.41, 5.74) is 7.64. The average molecular weight is 312 g/mol. The molecule has 1 aromatic carbocycles. The van der Waals surface area contributed by atoms with Crippen molar-refractivity contribution in [1.82, 2.24) is 0 Å². The number of thiocarbonyl (C=S) groups is 1. The summed E-state index contributed by atoms with van der Waals surface area (Å²) in [4.78, 5) is 2.49. The molecule has 0 aliphatic rings. The molecule has 21 heavy (non-hydrogen) atoms. The maximum absolute atomic E-state index is 5.73. The Balaban J connectivity index is 2.25. The Morgan fingerprint density at radius 1 is 1.10 bits per heavy atom. The van der Waals surface area contributed by atoms with Crippen LogP contribution in [0.15, 0.2) is 24.3 Å². The first-order chi connectivity index (χ1) is 10.2. The second-order valence-corrected chi connectivity index (χ2v) is 4.96. The van der Waals surface area contributed by atoms with Gasteiger partial charge in [-0.3, -0.25) is 0 Å². The monoisotopic (exact) mass is 312 g/mol. The van der Waals surface area contributed by atoms with Gasteiger partial charge >= 0.3 is 0 Å². The minimum Gasteiger partial charge on any atom is -0.389 e. The van der Waals surface area contributed by atoms with E-state index in [0.29, 0.717) is 38.0 Å². The van der Waals surface area contributed by atoms with Gasteiger partial charge in [0, 0.05) is 32.0 Å². The number of ether oxygens (including phenoxy) is 3. The SMILES string of the molecule is COCCOCCOCCN(C)c1ccccc1C(N)=S. The Morgan fingerprint density at radius 2 is 1.71 bits per heavy atom. The van der Waals surface area contributed by atoms with Crippen molar-refractivity contribution in [2.24, 2.45) is 5.73 Å². The van der Waals surface area contributed by atoms with E-state index < -0.39 is 0 Å². The summed E-state index contributed by atoms with van der Waals surface area (Å²) in [5, 5.41) is 0. The molecule has 0 radical (unpaired) electrons. The first-order valence-corrected chi connectivity index (χ1v) is 7.32. The summed E-state index contributed by atoms with van der Waals surface area (Å²) in [5.74, 6) is 0. The quantitative estimate of drug-likeness (QED) is 0.493. The van der Waals surface area contributed by atoms with Gasteiger partial charge in [-0.25, -0.2) is 0 Å². The van der Waals surface area contributed by atoms with Crippen molar-refractivity contribution in [3.63, 3.8) is 0 Å². The molecule has 6 heteroatoms. The second kappa shape index (κ2) is 10.5. The van der Waals surface area contributed by atoms with Gasteiger partial charge in [-0.1, -0.05) is 24.4 Å². The van der Waals surface area contributed by atoms with E-state index in [0.717, 1.165) is 17.8 Å². The fourth-order valence-electron chi connectivity index (χ4n) is 1.80. The highest BCUT2D eigenvalue weighted by Gasteiger charge is 2.08. The topological polar surface area (TPSA) is 57.0 Å². The van der Waals surface area contributed by atoms with Crippen LogP contribution in [0.4, 0.5) is 5.69 Å². The lowest BCUT2D eigenvalue weighted by atomic mass is 10.1. The predicted molar refractivity (Wildman–Crippen MR) is 89.1 cm³/mol. The Kier molecular flexibility index (Phi) is 8.93. The third-order valence-electron chi connectivity index (χ3n) is 2.96. The van der Waals surface area contributed by atoms with Crippen molar-refractivity contribution < 1.29 is 14.2 Å². The van der Waals surface area contributed by atoms with Crippen LogP contribution in [-0.2, 0) is 14.2 Å². The molecule has 0 saturated carbocycles. The Bertz CT molecular complexity index is 429. The summed E-state index contributed by atoms with van der Waals surface area (Å²) < 4.78 is 15.7. The van der Waals surface area contributed by atoms with Crippen molar-refractivity contribution >= 4 is 22.9 Å². The molecule has 0 atom stereocenters. The average Bonchev–Trinajstić information content (AvgIpc) is 2.49. The van der Waals surface area contributed by atoms with Crippen LogP contribution in [0.5, 0.6) is 0 Å². The van der Waals surface area contributed by atoms with Crippen molar-refractivity contribution in [1.29, 1.82) is 0 Å². The van der Waals surface area contributed by atoms with Crippen LogP contribution in [0, 0.1) is 0 Å². The molecule has 0 aliphatic heterocycles. The number of rotatable bonds is 11. The molecule has 0 bridgehead atoms. The highest BCUT2D eigenvalue weighted by atomic mass is 32.1. The van der Waals surface area contributed by atoms with Crippen LogP contribution in [0.25, 0.3) is 0 Å². The van der Waals surface area contributed by atoms with Crippen LogP contribution in [0.2, 0.25) is 0 Å². The fraction of sp³-hybridized carbons (Fsp3) is 0.533. The van der Waals surface area contributed by atoms with Gasteiger partial charge in [0.05, 0.1) is 33.0 Å². The molecule has 0 spiro atoms. The maximum atomic E-state index is 5.73. The highest BCUT2D eigenvalue weighted by Crippen LogP contribution is 2.18. The predicted octanol–water partition coefficient (Wildman–Crippen LogP) is 1.44. The van der Waals surface area contributed by atoms with Crippen molar-refractivity contribution in [3.8, 4) is 0 Å². The van der Waals surface area contributed by atoms with E-state index in [1.165, 1.54) is 0 Å². The fourth-order valence-corrected chi connectivity index (χ4v) is 1.97. The van der Waals surface area contributed by atoms with Crippen LogP contribution < -0.4 is 10.6 Å². The second-order valence-electron chi connectivity index (χ2n) is 4.52. The van der Waals surface area contributed by atoms with E-state index in [1.807, 2.05) is 31.3 Å². The molecule has 0 aromatic heterocycles. The number of para-hydroxylation sites is 1. The number of anilines is 1. The molecule has 0 aliphatic carbocycles. The van der Waals surface area contributed by atoms with Crippen molar-refractivity contribution in [2.45, 2.75) is 0 Å². The zero-order chi connectivity index (χ0) is 15.5. The largest absolute Gasteiger partial charge is 0.389 e. The lowest BCUT2D eigenvalue weighted by Gasteiger charge is -2.22. The maximum Gasteiger partial charge on any atom is 0.106 e. The van der Waals surface area contributed by atoms with Crippen molar-refractivity contribution in [3.05, 3.63) is 29.8 Å². The van der Waals surface area contributed by atoms with Gasteiger partial charge < -0.3 is 24.8 Å². The molecule has 1 rings (SSSR count). The third-order valence-corrected chi connectivity index (χ3v) is 3.18. The standard InChI is InChI=1S/C15H24N2O3S/c1-17(7-8-19-11-12-20-10-9-18-2)14-6-4-3-5-13(14)15(16)21/h3-6H,7-12H2,1-2H3,(H2,16,21). The number of nitrogens with two attached hydrogens (primary N) is 1. The number of hydrogen-bond donors (Lipinski definition) is 1. The van der Waals surface area contributed by atoms with E-state index in [4.69, 9.17) is 32.2 Å². The molecule has 2 N–H and O–H groups in total. The Morgan fingerprint density at radius 3 is 2.38 bits per heavy atom. The van der Waals surface area contributed by atoms with Gasteiger partial charge in [-0.05, 0) is 12.1 Å². The smallest absolute Gasteiger partial charge is 0.106 e. The van der Waals surface area contributed by atoms with E-state index in [2.05, 4.69) is 4.90 Å². The molecule has 118 valence electrons. The molecule has 5 nitrogen and oxygen atoms in total. The number of nitrogens with zero attached hydrogens (tertiary/aromatic N) is 1. The molecular formula is C15H24N2O3S. The summed E-state index contributed by atoms with van der Waals surface area (Å²) >= 11 is 5.07. The molecule has 0 unspecified atom stereocenters. The Labute approximate surface area is 132 Å². The number of benzene rings is 1. The molecule has 0 fully saturated rings. The molecular weight excluding hydrogens is 288 g/mol. The first kappa shape index (κ1) is 17.8. The lowest BCUT2D eigenvalue weighted by molar-refractivity contribution is 0.0266. The van der Waals surface area contributed by atoms with Gasteiger partial charge in [-0.15, -0.1) is 0 Å². The van der Waals surface area contributed by atoms with Crippen LogP contribution in [0.1, 0.15) is 5.56 Å². The van der Waals surface area contributed by atoms with Gasteiger partial charge in [0.15, 0.2) is 0 Å². The number of hydrogen-bond acceptors (Lipinski definition) is 5.